The predicted octanol–water partition coefficient (Wildman–Crippen LogP) is 0.0132. The minimum Gasteiger partial charge on any atom is -0.332 e. The highest BCUT2D eigenvalue weighted by Crippen LogP contribution is 1.97. The van der Waals surface area contributed by atoms with Crippen molar-refractivity contribution in [3.8, 4) is 0 Å². The van der Waals surface area contributed by atoms with Gasteiger partial charge in [-0.1, -0.05) is 13.2 Å². The maximum absolute atomic E-state index is 11.2. The number of carbonyl (C=O) groups is 2. The third kappa shape index (κ3) is 8.21. The first-order valence-electron chi connectivity index (χ1n) is 5.45. The third-order valence-electron chi connectivity index (χ3n) is 2.09. The van der Waals surface area contributed by atoms with Crippen LogP contribution in [0.1, 0.15) is 6.42 Å². The fourth-order valence-corrected chi connectivity index (χ4v) is 1.16. The Morgan fingerprint density at radius 1 is 1.12 bits per heavy atom. The van der Waals surface area contributed by atoms with E-state index in [-0.39, 0.29) is 11.8 Å². The van der Waals surface area contributed by atoms with Crippen molar-refractivity contribution in [1.29, 1.82) is 0 Å². The first kappa shape index (κ1) is 15.4. The van der Waals surface area contributed by atoms with E-state index >= 15 is 0 Å². The number of hydrogen-bond acceptors (Lipinski definition) is 2. The molecule has 0 saturated carbocycles. The maximum Gasteiger partial charge on any atom is 0.244 e. The van der Waals surface area contributed by atoms with Crippen LogP contribution in [0, 0.1) is 0 Å². The van der Waals surface area contributed by atoms with Crippen LogP contribution >= 0.6 is 0 Å². The van der Waals surface area contributed by atoms with Crippen LogP contribution in [0.3, 0.4) is 0 Å². The smallest absolute Gasteiger partial charge is 0.244 e. The van der Waals surface area contributed by atoms with Gasteiger partial charge in [0.15, 0.2) is 0 Å². The molecule has 17 heavy (non-hydrogen) atoms. The van der Waals surface area contributed by atoms with E-state index in [0.717, 1.165) is 11.0 Å². The molecule has 5 heteroatoms. The van der Waals surface area contributed by atoms with Crippen LogP contribution in [0.25, 0.3) is 0 Å². The Hall–Kier alpha value is -1.62. The molecule has 0 aliphatic heterocycles. The molecule has 0 fully saturated rings. The number of nitrogens with one attached hydrogen (secondary N) is 2. The van der Waals surface area contributed by atoms with Crippen molar-refractivity contribution in [2.75, 3.05) is 27.7 Å². The lowest BCUT2D eigenvalue weighted by molar-refractivity contribution is -0.870. The second-order valence-corrected chi connectivity index (χ2v) is 4.78. The summed E-state index contributed by atoms with van der Waals surface area (Å²) in [6, 6.07) is 0. The SMILES string of the molecule is C=CC(=O)NC(CC[N+](C)(C)C)NC(=O)C=C. The Labute approximate surface area is 103 Å². The number of rotatable bonds is 7. The fourth-order valence-electron chi connectivity index (χ4n) is 1.16. The molecule has 2 amide bonds. The van der Waals surface area contributed by atoms with E-state index in [1.54, 1.807) is 0 Å². The van der Waals surface area contributed by atoms with Gasteiger partial charge in [0.2, 0.25) is 11.8 Å². The Morgan fingerprint density at radius 3 is 1.82 bits per heavy atom. The summed E-state index contributed by atoms with van der Waals surface area (Å²) in [5.74, 6) is -0.610. The normalized spacial score (nSPS) is 10.8. The van der Waals surface area contributed by atoms with Crippen LogP contribution in [-0.2, 0) is 9.59 Å². The minimum absolute atomic E-state index is 0.305. The van der Waals surface area contributed by atoms with E-state index in [0.29, 0.717) is 6.42 Å². The van der Waals surface area contributed by atoms with Crippen molar-refractivity contribution in [2.24, 2.45) is 0 Å². The molecule has 96 valence electrons. The van der Waals surface area contributed by atoms with Crippen molar-refractivity contribution in [3.05, 3.63) is 25.3 Å². The average molecular weight is 240 g/mol. The third-order valence-corrected chi connectivity index (χ3v) is 2.09. The highest BCUT2D eigenvalue weighted by atomic mass is 16.2. The second-order valence-electron chi connectivity index (χ2n) is 4.78. The number of hydrogen-bond donors (Lipinski definition) is 2. The molecule has 0 radical (unpaired) electrons. The molecular formula is C12H22N3O2+. The molecule has 0 rings (SSSR count). The molecule has 5 nitrogen and oxygen atoms in total. The molecule has 0 aromatic carbocycles. The molecule has 0 heterocycles. The van der Waals surface area contributed by atoms with Gasteiger partial charge in [0.25, 0.3) is 0 Å². The Kier molecular flexibility index (Phi) is 6.20. The molecule has 0 atom stereocenters. The van der Waals surface area contributed by atoms with Gasteiger partial charge in [-0.2, -0.15) is 0 Å². The topological polar surface area (TPSA) is 58.2 Å². The number of quaternary nitrogens is 1. The van der Waals surface area contributed by atoms with Crippen LogP contribution in [-0.4, -0.2) is 50.2 Å². The van der Waals surface area contributed by atoms with Gasteiger partial charge < -0.3 is 15.1 Å². The van der Waals surface area contributed by atoms with Crippen LogP contribution in [0.2, 0.25) is 0 Å². The van der Waals surface area contributed by atoms with Gasteiger partial charge in [0.1, 0.15) is 6.17 Å². The molecule has 0 spiro atoms. The lowest BCUT2D eigenvalue weighted by atomic mass is 10.3. The lowest BCUT2D eigenvalue weighted by Crippen LogP contribution is -2.50. The highest BCUT2D eigenvalue weighted by Gasteiger charge is 2.16. The van der Waals surface area contributed by atoms with E-state index < -0.39 is 6.17 Å². The molecule has 0 unspecified atom stereocenters. The zero-order chi connectivity index (χ0) is 13.5. The largest absolute Gasteiger partial charge is 0.332 e. The maximum atomic E-state index is 11.2. The number of carbonyl (C=O) groups excluding carboxylic acids is 2. The molecule has 0 aliphatic carbocycles. The molecular weight excluding hydrogens is 218 g/mol. The van der Waals surface area contributed by atoms with Gasteiger partial charge >= 0.3 is 0 Å². The van der Waals surface area contributed by atoms with Crippen molar-refractivity contribution in [1.82, 2.24) is 10.6 Å². The van der Waals surface area contributed by atoms with Gasteiger partial charge in [0, 0.05) is 6.42 Å². The Balaban J connectivity index is 4.39. The molecule has 0 bridgehead atoms. The van der Waals surface area contributed by atoms with Crippen molar-refractivity contribution in [2.45, 2.75) is 12.6 Å². The standard InChI is InChI=1S/C12H21N3O2/c1-6-11(16)13-10(14-12(17)7-2)8-9-15(3,4)5/h6-7,10H,1-2,8-9H2,3-5H3,(H-,13,14,16,17)/p+1. The molecule has 0 aromatic rings. The van der Waals surface area contributed by atoms with Gasteiger partial charge in [-0.15, -0.1) is 0 Å². The summed E-state index contributed by atoms with van der Waals surface area (Å²) < 4.78 is 0.754. The summed E-state index contributed by atoms with van der Waals surface area (Å²) in [4.78, 5) is 22.4. The minimum atomic E-state index is -0.400. The molecule has 0 aromatic heterocycles. The molecule has 0 saturated heterocycles. The summed E-state index contributed by atoms with van der Waals surface area (Å²) in [7, 11) is 6.13. The van der Waals surface area contributed by atoms with Gasteiger partial charge in [-0.25, -0.2) is 0 Å². The quantitative estimate of drug-likeness (QED) is 0.374. The monoisotopic (exact) mass is 240 g/mol. The van der Waals surface area contributed by atoms with Crippen LogP contribution in [0.5, 0.6) is 0 Å². The van der Waals surface area contributed by atoms with Gasteiger partial charge in [-0.3, -0.25) is 9.59 Å². The Bertz CT molecular complexity index is 283. The van der Waals surface area contributed by atoms with Gasteiger partial charge in [0.05, 0.1) is 27.7 Å². The van der Waals surface area contributed by atoms with Crippen molar-refractivity contribution >= 4 is 11.8 Å². The highest BCUT2D eigenvalue weighted by molar-refractivity contribution is 5.89. The van der Waals surface area contributed by atoms with Gasteiger partial charge in [-0.05, 0) is 12.2 Å². The Morgan fingerprint density at radius 2 is 1.53 bits per heavy atom. The van der Waals surface area contributed by atoms with E-state index in [9.17, 15) is 9.59 Å². The zero-order valence-electron chi connectivity index (χ0n) is 10.8. The average Bonchev–Trinajstić information content (AvgIpc) is 2.24. The van der Waals surface area contributed by atoms with E-state index in [4.69, 9.17) is 0 Å². The van der Waals surface area contributed by atoms with Crippen LogP contribution in [0.4, 0.5) is 0 Å². The molecule has 2 N–H and O–H groups in total. The van der Waals surface area contributed by atoms with E-state index in [1.165, 1.54) is 12.2 Å². The first-order valence-corrected chi connectivity index (χ1v) is 5.45. The first-order chi connectivity index (χ1) is 7.78. The van der Waals surface area contributed by atoms with Crippen molar-refractivity contribution in [3.63, 3.8) is 0 Å². The lowest BCUT2D eigenvalue weighted by Gasteiger charge is -2.27. The van der Waals surface area contributed by atoms with Crippen LogP contribution < -0.4 is 10.6 Å². The van der Waals surface area contributed by atoms with E-state index in [1.807, 2.05) is 21.1 Å². The summed E-state index contributed by atoms with van der Waals surface area (Å²) >= 11 is 0. The predicted molar refractivity (Wildman–Crippen MR) is 68.0 cm³/mol. The number of nitrogens with zero attached hydrogens (tertiary/aromatic N) is 1. The molecule has 0 aliphatic rings. The van der Waals surface area contributed by atoms with Crippen LogP contribution in [0.15, 0.2) is 25.3 Å². The summed E-state index contributed by atoms with van der Waals surface area (Å²) in [6.45, 7) is 7.57. The summed E-state index contributed by atoms with van der Waals surface area (Å²) in [5.41, 5.74) is 0. The van der Waals surface area contributed by atoms with Crippen molar-refractivity contribution < 1.29 is 14.1 Å². The second kappa shape index (κ2) is 6.85. The number of amides is 2. The van der Waals surface area contributed by atoms with E-state index in [2.05, 4.69) is 23.8 Å². The zero-order valence-corrected chi connectivity index (χ0v) is 10.8. The summed E-state index contributed by atoms with van der Waals surface area (Å²) in [5, 5.41) is 5.32. The fraction of sp³-hybridized carbons (Fsp3) is 0.500. The summed E-state index contributed by atoms with van der Waals surface area (Å²) in [6.07, 6.45) is 2.60.